The van der Waals surface area contributed by atoms with Gasteiger partial charge in [-0.2, -0.15) is 0 Å². The molecule has 0 saturated carbocycles. The number of aromatic nitrogens is 2. The van der Waals surface area contributed by atoms with Gasteiger partial charge in [0.15, 0.2) is 0 Å². The number of aliphatic hydroxyl groups is 1. The van der Waals surface area contributed by atoms with E-state index in [1.807, 2.05) is 19.3 Å². The first-order valence-electron chi connectivity index (χ1n) is 8.26. The summed E-state index contributed by atoms with van der Waals surface area (Å²) in [7, 11) is 0. The first-order chi connectivity index (χ1) is 10.7. The van der Waals surface area contributed by atoms with Crippen LogP contribution in [0.1, 0.15) is 25.3 Å². The molecule has 0 amide bonds. The highest BCUT2D eigenvalue weighted by atomic mass is 16.5. The van der Waals surface area contributed by atoms with E-state index in [1.165, 1.54) is 0 Å². The molecule has 6 nitrogen and oxygen atoms in total. The molecule has 3 rings (SSSR count). The number of likely N-dealkylation sites (tertiary alicyclic amines) is 1. The van der Waals surface area contributed by atoms with E-state index >= 15 is 0 Å². The fourth-order valence-electron chi connectivity index (χ4n) is 3.21. The van der Waals surface area contributed by atoms with Gasteiger partial charge in [-0.3, -0.25) is 4.90 Å². The van der Waals surface area contributed by atoms with Crippen molar-refractivity contribution in [3.05, 3.63) is 18.0 Å². The Morgan fingerprint density at radius 3 is 2.41 bits per heavy atom. The molecule has 3 heterocycles. The molecular weight excluding hydrogens is 280 g/mol. The summed E-state index contributed by atoms with van der Waals surface area (Å²) in [5, 5.41) is 9.66. The standard InChI is InChI=1S/C16H26N4O2/c1-13(21)15-2-4-19(5-3-15)12-14-10-17-16(18-11-14)20-6-8-22-9-7-20/h10-11,13,15,21H,2-9,12H2,1H3. The van der Waals surface area contributed by atoms with Gasteiger partial charge >= 0.3 is 0 Å². The van der Waals surface area contributed by atoms with Gasteiger partial charge in [-0.1, -0.05) is 0 Å². The Hall–Kier alpha value is -1.24. The number of aliphatic hydroxyl groups excluding tert-OH is 1. The van der Waals surface area contributed by atoms with Crippen LogP contribution in [0.2, 0.25) is 0 Å². The minimum absolute atomic E-state index is 0.182. The zero-order chi connectivity index (χ0) is 15.4. The van der Waals surface area contributed by atoms with Crippen molar-refractivity contribution in [2.45, 2.75) is 32.4 Å². The summed E-state index contributed by atoms with van der Waals surface area (Å²) in [6.07, 6.45) is 5.85. The number of hydrogen-bond acceptors (Lipinski definition) is 6. The van der Waals surface area contributed by atoms with Crippen molar-refractivity contribution >= 4 is 5.95 Å². The van der Waals surface area contributed by atoms with E-state index in [9.17, 15) is 5.11 Å². The quantitative estimate of drug-likeness (QED) is 0.892. The van der Waals surface area contributed by atoms with Crippen LogP contribution < -0.4 is 4.90 Å². The zero-order valence-electron chi connectivity index (χ0n) is 13.3. The minimum Gasteiger partial charge on any atom is -0.393 e. The van der Waals surface area contributed by atoms with Crippen molar-refractivity contribution in [3.63, 3.8) is 0 Å². The lowest BCUT2D eigenvalue weighted by atomic mass is 9.92. The van der Waals surface area contributed by atoms with E-state index in [0.717, 1.165) is 70.3 Å². The Kier molecular flexibility index (Phi) is 5.23. The summed E-state index contributed by atoms with van der Waals surface area (Å²) in [5.41, 5.74) is 1.16. The topological polar surface area (TPSA) is 61.7 Å². The van der Waals surface area contributed by atoms with Gasteiger partial charge in [-0.25, -0.2) is 9.97 Å². The van der Waals surface area contributed by atoms with Crippen LogP contribution in [-0.4, -0.2) is 65.5 Å². The lowest BCUT2D eigenvalue weighted by molar-refractivity contribution is 0.0695. The molecule has 0 radical (unpaired) electrons. The van der Waals surface area contributed by atoms with Crippen LogP contribution in [0.5, 0.6) is 0 Å². The first kappa shape index (κ1) is 15.6. The van der Waals surface area contributed by atoms with Gasteiger partial charge in [0, 0.05) is 37.6 Å². The number of rotatable bonds is 4. The van der Waals surface area contributed by atoms with Crippen molar-refractivity contribution in [2.75, 3.05) is 44.3 Å². The summed E-state index contributed by atoms with van der Waals surface area (Å²) in [5.74, 6) is 1.26. The Morgan fingerprint density at radius 2 is 1.82 bits per heavy atom. The van der Waals surface area contributed by atoms with Crippen molar-refractivity contribution in [1.29, 1.82) is 0 Å². The molecule has 2 aliphatic heterocycles. The Balaban J connectivity index is 1.51. The molecule has 2 saturated heterocycles. The van der Waals surface area contributed by atoms with Gasteiger partial charge in [0.1, 0.15) is 0 Å². The van der Waals surface area contributed by atoms with Crippen LogP contribution in [0.4, 0.5) is 5.95 Å². The lowest BCUT2D eigenvalue weighted by Gasteiger charge is -2.33. The largest absolute Gasteiger partial charge is 0.393 e. The molecule has 1 aromatic rings. The van der Waals surface area contributed by atoms with Crippen LogP contribution in [0, 0.1) is 5.92 Å². The molecular formula is C16H26N4O2. The third-order valence-corrected chi connectivity index (χ3v) is 4.71. The smallest absolute Gasteiger partial charge is 0.225 e. The number of nitrogens with zero attached hydrogens (tertiary/aromatic N) is 4. The van der Waals surface area contributed by atoms with E-state index in [0.29, 0.717) is 5.92 Å². The Bertz CT molecular complexity index is 452. The average Bonchev–Trinajstić information content (AvgIpc) is 2.57. The van der Waals surface area contributed by atoms with E-state index in [4.69, 9.17) is 4.74 Å². The van der Waals surface area contributed by atoms with Crippen LogP contribution in [0.3, 0.4) is 0 Å². The van der Waals surface area contributed by atoms with E-state index < -0.39 is 0 Å². The van der Waals surface area contributed by atoms with Crippen LogP contribution >= 0.6 is 0 Å². The fourth-order valence-corrected chi connectivity index (χ4v) is 3.21. The second-order valence-corrected chi connectivity index (χ2v) is 6.34. The monoisotopic (exact) mass is 306 g/mol. The third kappa shape index (κ3) is 3.94. The predicted molar refractivity (Wildman–Crippen MR) is 84.7 cm³/mol. The molecule has 1 unspecified atom stereocenters. The second kappa shape index (κ2) is 7.35. The third-order valence-electron chi connectivity index (χ3n) is 4.71. The SMILES string of the molecule is CC(O)C1CCN(Cc2cnc(N3CCOCC3)nc2)CC1. The van der Waals surface area contributed by atoms with Crippen molar-refractivity contribution in [3.8, 4) is 0 Å². The van der Waals surface area contributed by atoms with E-state index in [2.05, 4.69) is 19.8 Å². The second-order valence-electron chi connectivity index (χ2n) is 6.34. The molecule has 0 bridgehead atoms. The summed E-state index contributed by atoms with van der Waals surface area (Å²) < 4.78 is 5.35. The van der Waals surface area contributed by atoms with Crippen LogP contribution in [0.25, 0.3) is 0 Å². The summed E-state index contributed by atoms with van der Waals surface area (Å²) in [6, 6.07) is 0. The van der Waals surface area contributed by atoms with Gasteiger partial charge < -0.3 is 14.7 Å². The molecule has 0 spiro atoms. The summed E-state index contributed by atoms with van der Waals surface area (Å²) >= 11 is 0. The molecule has 1 N–H and O–H groups in total. The Morgan fingerprint density at radius 1 is 1.18 bits per heavy atom. The normalized spacial score (nSPS) is 22.7. The maximum absolute atomic E-state index is 9.66. The highest BCUT2D eigenvalue weighted by Crippen LogP contribution is 2.21. The molecule has 22 heavy (non-hydrogen) atoms. The van der Waals surface area contributed by atoms with Gasteiger partial charge in [-0.15, -0.1) is 0 Å². The molecule has 0 aliphatic carbocycles. The van der Waals surface area contributed by atoms with Gasteiger partial charge in [0.25, 0.3) is 0 Å². The van der Waals surface area contributed by atoms with Gasteiger partial charge in [-0.05, 0) is 38.8 Å². The summed E-state index contributed by atoms with van der Waals surface area (Å²) in [6.45, 7) is 8.13. The molecule has 0 aromatic carbocycles. The Labute approximate surface area is 132 Å². The number of piperidine rings is 1. The predicted octanol–water partition coefficient (Wildman–Crippen LogP) is 0.906. The molecule has 2 fully saturated rings. The molecule has 1 atom stereocenters. The summed E-state index contributed by atoms with van der Waals surface area (Å²) in [4.78, 5) is 13.6. The van der Waals surface area contributed by atoms with Gasteiger partial charge in [0.2, 0.25) is 5.95 Å². The van der Waals surface area contributed by atoms with Crippen molar-refractivity contribution in [1.82, 2.24) is 14.9 Å². The zero-order valence-corrected chi connectivity index (χ0v) is 13.3. The fraction of sp³-hybridized carbons (Fsp3) is 0.750. The number of anilines is 1. The average molecular weight is 306 g/mol. The highest BCUT2D eigenvalue weighted by Gasteiger charge is 2.22. The maximum Gasteiger partial charge on any atom is 0.225 e. The van der Waals surface area contributed by atoms with E-state index in [1.54, 1.807) is 0 Å². The van der Waals surface area contributed by atoms with E-state index in [-0.39, 0.29) is 6.10 Å². The van der Waals surface area contributed by atoms with Crippen molar-refractivity contribution < 1.29 is 9.84 Å². The maximum atomic E-state index is 9.66. The van der Waals surface area contributed by atoms with Crippen LogP contribution in [-0.2, 0) is 11.3 Å². The first-order valence-corrected chi connectivity index (χ1v) is 8.26. The molecule has 1 aromatic heterocycles. The minimum atomic E-state index is -0.182. The van der Waals surface area contributed by atoms with Crippen LogP contribution in [0.15, 0.2) is 12.4 Å². The number of ether oxygens (including phenoxy) is 1. The lowest BCUT2D eigenvalue weighted by Crippen LogP contribution is -2.37. The molecule has 6 heteroatoms. The highest BCUT2D eigenvalue weighted by molar-refractivity contribution is 5.30. The number of hydrogen-bond donors (Lipinski definition) is 1. The molecule has 2 aliphatic rings. The van der Waals surface area contributed by atoms with Gasteiger partial charge in [0.05, 0.1) is 19.3 Å². The molecule has 122 valence electrons. The number of morpholine rings is 1. The van der Waals surface area contributed by atoms with Crippen molar-refractivity contribution in [2.24, 2.45) is 5.92 Å².